The van der Waals surface area contributed by atoms with E-state index in [9.17, 15) is 0 Å². The van der Waals surface area contributed by atoms with E-state index in [2.05, 4.69) is 53.3 Å². The van der Waals surface area contributed by atoms with E-state index in [-0.39, 0.29) is 6.04 Å². The van der Waals surface area contributed by atoms with Crippen LogP contribution in [0.4, 0.5) is 0 Å². The van der Waals surface area contributed by atoms with Crippen molar-refractivity contribution in [2.45, 2.75) is 32.7 Å². The van der Waals surface area contributed by atoms with Crippen LogP contribution in [-0.2, 0) is 12.8 Å². The van der Waals surface area contributed by atoms with Gasteiger partial charge in [-0.3, -0.25) is 0 Å². The number of methoxy groups -OCH3 is 1. The molecule has 0 radical (unpaired) electrons. The van der Waals surface area contributed by atoms with Crippen LogP contribution in [0.2, 0.25) is 0 Å². The number of ether oxygens (including phenoxy) is 1. The average molecular weight is 352 g/mol. The molecule has 1 unspecified atom stereocenters. The van der Waals surface area contributed by atoms with Gasteiger partial charge in [0.1, 0.15) is 17.3 Å². The summed E-state index contributed by atoms with van der Waals surface area (Å²) in [6.07, 6.45) is 1.74. The van der Waals surface area contributed by atoms with Crippen molar-refractivity contribution in [1.29, 1.82) is 0 Å². The van der Waals surface area contributed by atoms with Crippen LogP contribution in [-0.4, -0.2) is 13.7 Å². The number of furan rings is 1. The first-order valence-corrected chi connectivity index (χ1v) is 8.11. The highest BCUT2D eigenvalue weighted by molar-refractivity contribution is 9.10. The van der Waals surface area contributed by atoms with Crippen molar-refractivity contribution in [3.63, 3.8) is 0 Å². The van der Waals surface area contributed by atoms with Gasteiger partial charge in [-0.2, -0.15) is 0 Å². The van der Waals surface area contributed by atoms with Crippen LogP contribution in [0, 0.1) is 0 Å². The van der Waals surface area contributed by atoms with E-state index in [1.165, 1.54) is 0 Å². The number of hydrogen-bond donors (Lipinski definition) is 1. The van der Waals surface area contributed by atoms with Crippen LogP contribution in [0.3, 0.4) is 0 Å². The van der Waals surface area contributed by atoms with Crippen molar-refractivity contribution in [3.05, 3.63) is 51.9 Å². The molecule has 0 fully saturated rings. The van der Waals surface area contributed by atoms with Crippen molar-refractivity contribution in [3.8, 4) is 5.75 Å². The van der Waals surface area contributed by atoms with E-state index in [4.69, 9.17) is 9.15 Å². The zero-order valence-corrected chi connectivity index (χ0v) is 14.4. The third kappa shape index (κ3) is 4.11. The Morgan fingerprint density at radius 3 is 2.67 bits per heavy atom. The third-order valence-electron chi connectivity index (χ3n) is 3.49. The molecule has 1 atom stereocenters. The number of benzene rings is 1. The number of nitrogens with one attached hydrogen (secondary N) is 1. The summed E-state index contributed by atoms with van der Waals surface area (Å²) in [6.45, 7) is 5.10. The van der Waals surface area contributed by atoms with Gasteiger partial charge in [-0.15, -0.1) is 0 Å². The van der Waals surface area contributed by atoms with E-state index in [1.54, 1.807) is 7.11 Å². The molecule has 0 bridgehead atoms. The summed E-state index contributed by atoms with van der Waals surface area (Å²) in [5.74, 6) is 2.91. The predicted molar refractivity (Wildman–Crippen MR) is 88.9 cm³/mol. The number of aryl methyl sites for hydroxylation is 1. The highest BCUT2D eigenvalue weighted by atomic mass is 79.9. The lowest BCUT2D eigenvalue weighted by Gasteiger charge is -2.17. The first-order valence-electron chi connectivity index (χ1n) is 7.32. The van der Waals surface area contributed by atoms with Crippen molar-refractivity contribution in [2.75, 3.05) is 13.7 Å². The van der Waals surface area contributed by atoms with Gasteiger partial charge >= 0.3 is 0 Å². The Labute approximate surface area is 134 Å². The monoisotopic (exact) mass is 351 g/mol. The Hall–Kier alpha value is -1.26. The predicted octanol–water partition coefficient (Wildman–Crippen LogP) is 4.51. The molecule has 0 aliphatic rings. The molecule has 0 saturated carbocycles. The second-order valence-corrected chi connectivity index (χ2v) is 5.84. The van der Waals surface area contributed by atoms with Crippen LogP contribution >= 0.6 is 15.9 Å². The Balaban J connectivity index is 2.25. The van der Waals surface area contributed by atoms with E-state index in [0.29, 0.717) is 0 Å². The van der Waals surface area contributed by atoms with E-state index < -0.39 is 0 Å². The van der Waals surface area contributed by atoms with Gasteiger partial charge in [0.25, 0.3) is 0 Å². The van der Waals surface area contributed by atoms with E-state index >= 15 is 0 Å². The van der Waals surface area contributed by atoms with Gasteiger partial charge in [-0.25, -0.2) is 0 Å². The first kappa shape index (κ1) is 16.1. The highest BCUT2D eigenvalue weighted by Gasteiger charge is 2.17. The fraction of sp³-hybridized carbons (Fsp3) is 0.412. The van der Waals surface area contributed by atoms with Gasteiger partial charge in [0.15, 0.2) is 0 Å². The van der Waals surface area contributed by atoms with E-state index in [0.717, 1.165) is 46.7 Å². The molecule has 3 nitrogen and oxygen atoms in total. The molecule has 0 spiro atoms. The van der Waals surface area contributed by atoms with Crippen molar-refractivity contribution in [2.24, 2.45) is 0 Å². The number of likely N-dealkylation sites (N-methyl/N-ethyl adjacent to an activating group) is 1. The SMILES string of the molecule is CCNC(Cc1cc(Br)ccc1OC)c1ccc(CC)o1. The molecule has 4 heteroatoms. The van der Waals surface area contributed by atoms with E-state index in [1.807, 2.05) is 12.1 Å². The topological polar surface area (TPSA) is 34.4 Å². The maximum Gasteiger partial charge on any atom is 0.122 e. The molecular weight excluding hydrogens is 330 g/mol. The Kier molecular flexibility index (Phi) is 5.88. The van der Waals surface area contributed by atoms with Crippen molar-refractivity contribution < 1.29 is 9.15 Å². The summed E-state index contributed by atoms with van der Waals surface area (Å²) in [5, 5.41) is 3.49. The second kappa shape index (κ2) is 7.66. The smallest absolute Gasteiger partial charge is 0.122 e. The van der Waals surface area contributed by atoms with Gasteiger partial charge in [-0.1, -0.05) is 29.8 Å². The summed E-state index contributed by atoms with van der Waals surface area (Å²) in [6, 6.07) is 10.4. The third-order valence-corrected chi connectivity index (χ3v) is 3.98. The van der Waals surface area contributed by atoms with Crippen LogP contribution < -0.4 is 10.1 Å². The Bertz CT molecular complexity index is 580. The first-order chi connectivity index (χ1) is 10.2. The van der Waals surface area contributed by atoms with Gasteiger partial charge < -0.3 is 14.5 Å². The molecule has 0 amide bonds. The summed E-state index contributed by atoms with van der Waals surface area (Å²) in [4.78, 5) is 0. The van der Waals surface area contributed by atoms with Crippen LogP contribution in [0.5, 0.6) is 5.75 Å². The van der Waals surface area contributed by atoms with Gasteiger partial charge in [0.2, 0.25) is 0 Å². The van der Waals surface area contributed by atoms with Crippen LogP contribution in [0.1, 0.15) is 37.0 Å². The molecule has 2 aromatic rings. The summed E-state index contributed by atoms with van der Waals surface area (Å²) >= 11 is 3.53. The fourth-order valence-corrected chi connectivity index (χ4v) is 2.83. The summed E-state index contributed by atoms with van der Waals surface area (Å²) in [5.41, 5.74) is 1.16. The van der Waals surface area contributed by atoms with Gasteiger partial charge in [0, 0.05) is 10.9 Å². The minimum absolute atomic E-state index is 0.151. The largest absolute Gasteiger partial charge is 0.496 e. The van der Waals surface area contributed by atoms with Gasteiger partial charge in [-0.05, 0) is 48.9 Å². The zero-order chi connectivity index (χ0) is 15.2. The lowest BCUT2D eigenvalue weighted by Crippen LogP contribution is -2.22. The second-order valence-electron chi connectivity index (χ2n) is 4.93. The Morgan fingerprint density at radius 1 is 1.24 bits per heavy atom. The standard InChI is InChI=1S/C17H22BrNO2/c1-4-14-7-9-17(21-14)15(19-5-2)11-12-10-13(18)6-8-16(12)20-3/h6-10,15,19H,4-5,11H2,1-3H3. The van der Waals surface area contributed by atoms with Crippen LogP contribution in [0.25, 0.3) is 0 Å². The maximum absolute atomic E-state index is 5.91. The summed E-state index contributed by atoms with van der Waals surface area (Å²) in [7, 11) is 1.71. The molecule has 2 rings (SSSR count). The number of halogens is 1. The molecule has 0 saturated heterocycles. The number of hydrogen-bond acceptors (Lipinski definition) is 3. The average Bonchev–Trinajstić information content (AvgIpc) is 2.96. The zero-order valence-electron chi connectivity index (χ0n) is 12.8. The lowest BCUT2D eigenvalue weighted by atomic mass is 10.0. The molecule has 1 N–H and O–H groups in total. The lowest BCUT2D eigenvalue weighted by molar-refractivity contribution is 0.383. The van der Waals surface area contributed by atoms with Crippen LogP contribution in [0.15, 0.2) is 39.2 Å². The molecule has 1 aromatic heterocycles. The molecular formula is C17H22BrNO2. The minimum Gasteiger partial charge on any atom is -0.496 e. The molecule has 0 aliphatic heterocycles. The van der Waals surface area contributed by atoms with Crippen molar-refractivity contribution in [1.82, 2.24) is 5.32 Å². The minimum atomic E-state index is 0.151. The maximum atomic E-state index is 5.91. The quantitative estimate of drug-likeness (QED) is 0.796. The summed E-state index contributed by atoms with van der Waals surface area (Å²) < 4.78 is 12.4. The fourth-order valence-electron chi connectivity index (χ4n) is 2.42. The molecule has 1 aromatic carbocycles. The molecule has 0 aliphatic carbocycles. The highest BCUT2D eigenvalue weighted by Crippen LogP contribution is 2.28. The van der Waals surface area contributed by atoms with Gasteiger partial charge in [0.05, 0.1) is 13.2 Å². The Morgan fingerprint density at radius 2 is 2.05 bits per heavy atom. The molecule has 21 heavy (non-hydrogen) atoms. The van der Waals surface area contributed by atoms with Crippen molar-refractivity contribution >= 4 is 15.9 Å². The molecule has 1 heterocycles. The normalized spacial score (nSPS) is 12.4. The number of rotatable bonds is 7. The molecule has 114 valence electrons.